The van der Waals surface area contributed by atoms with E-state index in [9.17, 15) is 8.42 Å². The Morgan fingerprint density at radius 3 is 3.00 bits per heavy atom. The highest BCUT2D eigenvalue weighted by molar-refractivity contribution is 7.88. The molecule has 108 valence electrons. The number of nitrogens with zero attached hydrogens (tertiary/aromatic N) is 3. The van der Waals surface area contributed by atoms with Crippen LogP contribution in [0, 0.1) is 5.92 Å². The van der Waals surface area contributed by atoms with Crippen molar-refractivity contribution < 1.29 is 8.42 Å². The Labute approximate surface area is 114 Å². The van der Waals surface area contributed by atoms with Crippen molar-refractivity contribution in [2.75, 3.05) is 26.4 Å². The third kappa shape index (κ3) is 3.77. The second kappa shape index (κ2) is 6.02. The highest BCUT2D eigenvalue weighted by Crippen LogP contribution is 2.20. The van der Waals surface area contributed by atoms with E-state index in [1.807, 2.05) is 13.2 Å². The molecule has 7 heteroatoms. The zero-order valence-electron chi connectivity index (χ0n) is 11.5. The van der Waals surface area contributed by atoms with Gasteiger partial charge in [-0.1, -0.05) is 0 Å². The molecule has 1 fully saturated rings. The van der Waals surface area contributed by atoms with E-state index in [2.05, 4.69) is 14.9 Å². The molecular weight excluding hydrogens is 264 g/mol. The van der Waals surface area contributed by atoms with E-state index in [0.717, 1.165) is 31.8 Å². The van der Waals surface area contributed by atoms with Gasteiger partial charge in [0.2, 0.25) is 10.0 Å². The molecule has 0 saturated carbocycles. The van der Waals surface area contributed by atoms with Crippen LogP contribution in [0.2, 0.25) is 0 Å². The predicted molar refractivity (Wildman–Crippen MR) is 74.1 cm³/mol. The van der Waals surface area contributed by atoms with Crippen LogP contribution < -0.4 is 5.32 Å². The van der Waals surface area contributed by atoms with Gasteiger partial charge in [-0.05, 0) is 25.8 Å². The topological polar surface area (TPSA) is 67.2 Å². The van der Waals surface area contributed by atoms with Crippen LogP contribution in [0.4, 0.5) is 0 Å². The molecule has 0 bridgehead atoms. The number of rotatable bonds is 5. The van der Waals surface area contributed by atoms with Crippen molar-refractivity contribution in [3.05, 3.63) is 18.2 Å². The Morgan fingerprint density at radius 2 is 2.32 bits per heavy atom. The van der Waals surface area contributed by atoms with E-state index >= 15 is 0 Å². The van der Waals surface area contributed by atoms with Gasteiger partial charge in [-0.25, -0.2) is 17.7 Å². The molecule has 1 aromatic heterocycles. The van der Waals surface area contributed by atoms with Crippen LogP contribution in [0.5, 0.6) is 0 Å². The van der Waals surface area contributed by atoms with Crippen molar-refractivity contribution in [2.24, 2.45) is 5.92 Å². The lowest BCUT2D eigenvalue weighted by Crippen LogP contribution is -2.40. The highest BCUT2D eigenvalue weighted by Gasteiger charge is 2.26. The van der Waals surface area contributed by atoms with E-state index in [4.69, 9.17) is 0 Å². The zero-order chi connectivity index (χ0) is 13.9. The minimum absolute atomic E-state index is 0.369. The quantitative estimate of drug-likeness (QED) is 0.844. The Kier molecular flexibility index (Phi) is 4.59. The fourth-order valence-electron chi connectivity index (χ4n) is 2.59. The Balaban J connectivity index is 2.01. The molecule has 1 saturated heterocycles. The van der Waals surface area contributed by atoms with Gasteiger partial charge in [0, 0.05) is 32.0 Å². The lowest BCUT2D eigenvalue weighted by molar-refractivity contribution is 0.244. The van der Waals surface area contributed by atoms with Crippen LogP contribution in [0.25, 0.3) is 0 Å². The summed E-state index contributed by atoms with van der Waals surface area (Å²) < 4.78 is 26.9. The zero-order valence-corrected chi connectivity index (χ0v) is 12.4. The van der Waals surface area contributed by atoms with Crippen LogP contribution in [0.1, 0.15) is 18.7 Å². The summed E-state index contributed by atoms with van der Waals surface area (Å²) in [5.41, 5.74) is 0. The summed E-state index contributed by atoms with van der Waals surface area (Å²) in [4.78, 5) is 4.31. The molecule has 1 unspecified atom stereocenters. The van der Waals surface area contributed by atoms with E-state index in [-0.39, 0.29) is 0 Å². The fraction of sp³-hybridized carbons (Fsp3) is 0.750. The number of imidazole rings is 1. The summed E-state index contributed by atoms with van der Waals surface area (Å²) in [7, 11) is -1.17. The van der Waals surface area contributed by atoms with Crippen LogP contribution in [0.15, 0.2) is 12.4 Å². The maximum atomic E-state index is 11.6. The van der Waals surface area contributed by atoms with Gasteiger partial charge in [0.15, 0.2) is 0 Å². The second-order valence-corrected chi connectivity index (χ2v) is 7.14. The van der Waals surface area contributed by atoms with E-state index < -0.39 is 10.0 Å². The van der Waals surface area contributed by atoms with Crippen LogP contribution in [-0.4, -0.2) is 48.7 Å². The minimum atomic E-state index is -3.06. The van der Waals surface area contributed by atoms with Gasteiger partial charge in [0.05, 0.1) is 12.8 Å². The van der Waals surface area contributed by atoms with Crippen molar-refractivity contribution in [1.29, 1.82) is 0 Å². The molecule has 2 rings (SSSR count). The van der Waals surface area contributed by atoms with Crippen molar-refractivity contribution in [3.63, 3.8) is 0 Å². The molecule has 1 N–H and O–H groups in total. The van der Waals surface area contributed by atoms with Gasteiger partial charge >= 0.3 is 0 Å². The number of nitrogens with one attached hydrogen (secondary N) is 1. The van der Waals surface area contributed by atoms with Gasteiger partial charge < -0.3 is 9.88 Å². The largest absolute Gasteiger partial charge is 0.334 e. The smallest absolute Gasteiger partial charge is 0.211 e. The van der Waals surface area contributed by atoms with Crippen LogP contribution >= 0.6 is 0 Å². The molecule has 1 aliphatic heterocycles. The number of sulfonamides is 1. The minimum Gasteiger partial charge on any atom is -0.334 e. The third-order valence-electron chi connectivity index (χ3n) is 3.54. The average molecular weight is 286 g/mol. The second-order valence-electron chi connectivity index (χ2n) is 5.16. The van der Waals surface area contributed by atoms with Gasteiger partial charge in [-0.2, -0.15) is 0 Å². The number of aromatic nitrogens is 2. The Hall–Kier alpha value is -0.920. The molecule has 1 aromatic rings. The van der Waals surface area contributed by atoms with Gasteiger partial charge in [-0.15, -0.1) is 0 Å². The summed E-state index contributed by atoms with van der Waals surface area (Å²) in [5, 5.41) is 3.09. The molecule has 6 nitrogen and oxygen atoms in total. The molecular formula is C12H22N4O2S. The Bertz CT molecular complexity index is 512. The monoisotopic (exact) mass is 286 g/mol. The number of hydrogen-bond donors (Lipinski definition) is 1. The molecule has 1 aliphatic rings. The number of piperidine rings is 1. The van der Waals surface area contributed by atoms with Crippen molar-refractivity contribution in [3.8, 4) is 0 Å². The first kappa shape index (κ1) is 14.5. The van der Waals surface area contributed by atoms with Crippen LogP contribution in [0.3, 0.4) is 0 Å². The maximum Gasteiger partial charge on any atom is 0.211 e. The first-order valence-electron chi connectivity index (χ1n) is 6.60. The molecule has 0 aliphatic carbocycles. The summed E-state index contributed by atoms with van der Waals surface area (Å²) in [5.74, 6) is 1.37. The molecule has 0 amide bonds. The third-order valence-corrected chi connectivity index (χ3v) is 4.81. The maximum absolute atomic E-state index is 11.6. The SMILES string of the molecule is CNCc1nccn1CC1CCCN(S(C)(=O)=O)C1. The predicted octanol–water partition coefficient (Wildman–Crippen LogP) is 0.274. The molecule has 0 radical (unpaired) electrons. The van der Waals surface area contributed by atoms with Gasteiger partial charge in [-0.3, -0.25) is 0 Å². The first-order valence-corrected chi connectivity index (χ1v) is 8.45. The molecule has 1 atom stereocenters. The highest BCUT2D eigenvalue weighted by atomic mass is 32.2. The molecule has 0 aromatic carbocycles. The molecule has 2 heterocycles. The summed E-state index contributed by atoms with van der Waals surface area (Å²) >= 11 is 0. The average Bonchev–Trinajstić information content (AvgIpc) is 2.77. The first-order chi connectivity index (χ1) is 9.00. The summed E-state index contributed by atoms with van der Waals surface area (Å²) in [6.45, 7) is 2.84. The molecule has 19 heavy (non-hydrogen) atoms. The van der Waals surface area contributed by atoms with E-state index in [1.165, 1.54) is 6.26 Å². The Morgan fingerprint density at radius 1 is 1.53 bits per heavy atom. The van der Waals surface area contributed by atoms with E-state index in [1.54, 1.807) is 10.5 Å². The normalized spacial score (nSPS) is 21.7. The van der Waals surface area contributed by atoms with Crippen LogP contribution in [-0.2, 0) is 23.1 Å². The number of hydrogen-bond acceptors (Lipinski definition) is 4. The lowest BCUT2D eigenvalue weighted by Gasteiger charge is -2.31. The molecule has 0 spiro atoms. The standard InChI is InChI=1S/C12H22N4O2S/c1-13-8-12-14-5-7-15(12)9-11-4-3-6-16(10-11)19(2,17)18/h5,7,11,13H,3-4,6,8-10H2,1-2H3. The van der Waals surface area contributed by atoms with E-state index in [0.29, 0.717) is 19.0 Å². The van der Waals surface area contributed by atoms with Gasteiger partial charge in [0.25, 0.3) is 0 Å². The summed E-state index contributed by atoms with van der Waals surface area (Å²) in [6.07, 6.45) is 7.06. The van der Waals surface area contributed by atoms with Crippen molar-refractivity contribution in [1.82, 2.24) is 19.2 Å². The fourth-order valence-corrected chi connectivity index (χ4v) is 3.53. The summed E-state index contributed by atoms with van der Waals surface area (Å²) in [6, 6.07) is 0. The lowest BCUT2D eigenvalue weighted by atomic mass is 9.99. The van der Waals surface area contributed by atoms with Crippen molar-refractivity contribution in [2.45, 2.75) is 25.9 Å². The van der Waals surface area contributed by atoms with Crippen molar-refractivity contribution >= 4 is 10.0 Å². The van der Waals surface area contributed by atoms with Gasteiger partial charge in [0.1, 0.15) is 5.82 Å².